The van der Waals surface area contributed by atoms with Gasteiger partial charge in [-0.3, -0.25) is 4.79 Å². The van der Waals surface area contributed by atoms with Gasteiger partial charge in [0.1, 0.15) is 0 Å². The summed E-state index contributed by atoms with van der Waals surface area (Å²) in [5.74, 6) is 1.41. The zero-order valence-corrected chi connectivity index (χ0v) is 17.4. The Bertz CT molecular complexity index is 1140. The summed E-state index contributed by atoms with van der Waals surface area (Å²) in [6.07, 6.45) is 1.62. The van der Waals surface area contributed by atoms with Crippen molar-refractivity contribution in [3.05, 3.63) is 52.7 Å². The van der Waals surface area contributed by atoms with Crippen molar-refractivity contribution in [3.63, 3.8) is 0 Å². The maximum atomic E-state index is 13.2. The Kier molecular flexibility index (Phi) is 3.91. The van der Waals surface area contributed by atoms with Crippen LogP contribution in [0.4, 0.5) is 5.69 Å². The summed E-state index contributed by atoms with van der Waals surface area (Å²) in [6.45, 7) is 6.67. The first-order chi connectivity index (χ1) is 13.8. The summed E-state index contributed by atoms with van der Waals surface area (Å²) in [5.41, 5.74) is 3.14. The summed E-state index contributed by atoms with van der Waals surface area (Å²) in [4.78, 5) is 16.6. The van der Waals surface area contributed by atoms with Crippen LogP contribution in [0.15, 0.2) is 36.4 Å². The number of hydrogen-bond acceptors (Lipinski definition) is 3. The highest BCUT2D eigenvalue weighted by Gasteiger charge is 2.51. The first kappa shape index (κ1) is 18.4. The first-order valence-electron chi connectivity index (χ1n) is 9.81. The predicted molar refractivity (Wildman–Crippen MR) is 114 cm³/mol. The Hall–Kier alpha value is -2.66. The van der Waals surface area contributed by atoms with Crippen LogP contribution in [0.3, 0.4) is 0 Å². The average Bonchev–Trinajstić information content (AvgIpc) is 3.12. The van der Waals surface area contributed by atoms with E-state index in [-0.39, 0.29) is 18.1 Å². The molecule has 0 radical (unpaired) electrons. The van der Waals surface area contributed by atoms with Crippen LogP contribution in [-0.4, -0.2) is 17.7 Å². The van der Waals surface area contributed by atoms with Gasteiger partial charge < -0.3 is 19.8 Å². The van der Waals surface area contributed by atoms with Gasteiger partial charge >= 0.3 is 0 Å². The fourth-order valence-corrected chi connectivity index (χ4v) is 4.17. The molecule has 0 saturated heterocycles. The lowest BCUT2D eigenvalue weighted by atomic mass is 9.92. The number of anilines is 1. The molecule has 6 heteroatoms. The molecule has 0 spiro atoms. The highest BCUT2D eigenvalue weighted by molar-refractivity contribution is 6.35. The van der Waals surface area contributed by atoms with Crippen molar-refractivity contribution in [3.8, 4) is 11.5 Å². The Morgan fingerprint density at radius 3 is 2.59 bits per heavy atom. The Morgan fingerprint density at radius 2 is 1.86 bits per heavy atom. The molecular weight excluding hydrogens is 388 g/mol. The third-order valence-corrected chi connectivity index (χ3v) is 6.15. The summed E-state index contributed by atoms with van der Waals surface area (Å²) >= 11 is 6.51. The lowest BCUT2D eigenvalue weighted by Crippen LogP contribution is -2.27. The van der Waals surface area contributed by atoms with Crippen LogP contribution in [0.5, 0.6) is 11.5 Å². The number of aromatic nitrogens is 1. The molecule has 5 nitrogen and oxygen atoms in total. The molecule has 2 heterocycles. The van der Waals surface area contributed by atoms with E-state index in [1.165, 1.54) is 0 Å². The lowest BCUT2D eigenvalue weighted by Gasteiger charge is -2.16. The van der Waals surface area contributed by atoms with Gasteiger partial charge in [0.25, 0.3) is 0 Å². The molecule has 3 aromatic rings. The van der Waals surface area contributed by atoms with E-state index in [4.69, 9.17) is 21.1 Å². The van der Waals surface area contributed by atoms with Gasteiger partial charge in [0.15, 0.2) is 11.5 Å². The number of carbonyl (C=O) groups is 1. The van der Waals surface area contributed by atoms with Gasteiger partial charge in [-0.05, 0) is 48.7 Å². The zero-order valence-electron chi connectivity index (χ0n) is 16.7. The molecule has 150 valence electrons. The molecular formula is C23H23ClN2O3. The van der Waals surface area contributed by atoms with Crippen LogP contribution in [0.25, 0.3) is 10.9 Å². The maximum Gasteiger partial charge on any atom is 0.235 e. The van der Waals surface area contributed by atoms with Crippen molar-refractivity contribution in [1.29, 1.82) is 0 Å². The van der Waals surface area contributed by atoms with E-state index in [9.17, 15) is 4.79 Å². The molecule has 1 saturated carbocycles. The highest BCUT2D eigenvalue weighted by atomic mass is 35.5. The molecule has 2 aliphatic rings. The number of fused-ring (bicyclic) bond motifs is 2. The number of H-pyrrole nitrogens is 1. The fourth-order valence-electron chi connectivity index (χ4n) is 3.89. The number of carbonyl (C=O) groups excluding carboxylic acids is 1. The van der Waals surface area contributed by atoms with Crippen molar-refractivity contribution in [1.82, 2.24) is 4.98 Å². The van der Waals surface area contributed by atoms with Crippen LogP contribution < -0.4 is 14.8 Å². The third-order valence-electron chi connectivity index (χ3n) is 5.86. The second-order valence-corrected chi connectivity index (χ2v) is 9.37. The standard InChI is InChI=1S/C23H23ClN2O3/c1-22(2,3)19-9-13-8-15(11-16(24)20(13)26-19)25-21(27)23(6-7-23)14-4-5-17-18(10-14)29-12-28-17/h4-5,8-11,26H,6-7,12H2,1-3H3,(H,25,27). The van der Waals surface area contributed by atoms with Crippen molar-refractivity contribution in [2.24, 2.45) is 0 Å². The summed E-state index contributed by atoms with van der Waals surface area (Å²) in [5, 5.41) is 4.67. The van der Waals surface area contributed by atoms with E-state index in [1.54, 1.807) is 6.07 Å². The molecule has 5 rings (SSSR count). The van der Waals surface area contributed by atoms with Crippen molar-refractivity contribution in [2.45, 2.75) is 44.4 Å². The van der Waals surface area contributed by atoms with Gasteiger partial charge in [0.2, 0.25) is 12.7 Å². The van der Waals surface area contributed by atoms with E-state index in [0.29, 0.717) is 16.5 Å². The lowest BCUT2D eigenvalue weighted by molar-refractivity contribution is -0.118. The number of aromatic amines is 1. The number of benzene rings is 2. The van der Waals surface area contributed by atoms with Gasteiger partial charge in [0, 0.05) is 22.2 Å². The van der Waals surface area contributed by atoms with Gasteiger partial charge in [-0.25, -0.2) is 0 Å². The molecule has 1 aliphatic carbocycles. The minimum atomic E-state index is -0.517. The van der Waals surface area contributed by atoms with E-state index < -0.39 is 5.41 Å². The SMILES string of the molecule is CC(C)(C)c1cc2cc(NC(=O)C3(c4ccc5c(c4)OCO5)CC3)cc(Cl)c2[nH]1. The fraction of sp³-hybridized carbons (Fsp3) is 0.348. The molecule has 1 amide bonds. The van der Waals surface area contributed by atoms with E-state index in [1.807, 2.05) is 24.3 Å². The molecule has 0 bridgehead atoms. The molecule has 0 atom stereocenters. The number of ether oxygens (including phenoxy) is 2. The second kappa shape index (κ2) is 6.17. The molecule has 29 heavy (non-hydrogen) atoms. The van der Waals surface area contributed by atoms with Crippen LogP contribution in [-0.2, 0) is 15.6 Å². The smallest absolute Gasteiger partial charge is 0.235 e. The van der Waals surface area contributed by atoms with E-state index >= 15 is 0 Å². The summed E-state index contributed by atoms with van der Waals surface area (Å²) in [7, 11) is 0. The highest BCUT2D eigenvalue weighted by Crippen LogP contribution is 2.51. The van der Waals surface area contributed by atoms with Crippen LogP contribution in [0.1, 0.15) is 44.9 Å². The van der Waals surface area contributed by atoms with Crippen LogP contribution in [0, 0.1) is 0 Å². The normalized spacial score (nSPS) is 16.8. The monoisotopic (exact) mass is 410 g/mol. The van der Waals surface area contributed by atoms with Crippen molar-refractivity contribution >= 4 is 34.1 Å². The first-order valence-corrected chi connectivity index (χ1v) is 10.2. The average molecular weight is 411 g/mol. The largest absolute Gasteiger partial charge is 0.454 e. The summed E-state index contributed by atoms with van der Waals surface area (Å²) < 4.78 is 10.9. The second-order valence-electron chi connectivity index (χ2n) is 8.96. The topological polar surface area (TPSA) is 63.4 Å². The van der Waals surface area contributed by atoms with Crippen LogP contribution >= 0.6 is 11.6 Å². The number of nitrogens with one attached hydrogen (secondary N) is 2. The molecule has 0 unspecified atom stereocenters. The zero-order chi connectivity index (χ0) is 20.4. The Morgan fingerprint density at radius 1 is 1.10 bits per heavy atom. The maximum absolute atomic E-state index is 13.2. The third kappa shape index (κ3) is 3.04. The van der Waals surface area contributed by atoms with Crippen molar-refractivity contribution in [2.75, 3.05) is 12.1 Å². The Labute approximate surface area is 174 Å². The number of rotatable bonds is 3. The predicted octanol–water partition coefficient (Wildman–Crippen LogP) is 5.52. The quantitative estimate of drug-likeness (QED) is 0.597. The minimum Gasteiger partial charge on any atom is -0.454 e. The van der Waals surface area contributed by atoms with Gasteiger partial charge in [-0.2, -0.15) is 0 Å². The number of amides is 1. The number of halogens is 1. The molecule has 2 aromatic carbocycles. The van der Waals surface area contributed by atoms with Gasteiger partial charge in [-0.15, -0.1) is 0 Å². The number of hydrogen-bond donors (Lipinski definition) is 2. The van der Waals surface area contributed by atoms with Crippen molar-refractivity contribution < 1.29 is 14.3 Å². The molecule has 1 aromatic heterocycles. The molecule has 1 fully saturated rings. The molecule has 1 aliphatic heterocycles. The van der Waals surface area contributed by atoms with Crippen LogP contribution in [0.2, 0.25) is 5.02 Å². The van der Waals surface area contributed by atoms with Gasteiger partial charge in [-0.1, -0.05) is 38.4 Å². The van der Waals surface area contributed by atoms with Gasteiger partial charge in [0.05, 0.1) is 16.0 Å². The Balaban J connectivity index is 1.44. The summed E-state index contributed by atoms with van der Waals surface area (Å²) in [6, 6.07) is 11.6. The minimum absolute atomic E-state index is 0.0107. The molecule has 2 N–H and O–H groups in total. The van der Waals surface area contributed by atoms with E-state index in [0.717, 1.165) is 40.8 Å². The van der Waals surface area contributed by atoms with E-state index in [2.05, 4.69) is 37.1 Å².